The first-order chi connectivity index (χ1) is 13.6. The number of carbonyl (C=O) groups excluding carboxylic acids is 1. The van der Waals surface area contributed by atoms with Crippen LogP contribution < -0.4 is 0 Å². The van der Waals surface area contributed by atoms with Crippen LogP contribution in [0.3, 0.4) is 0 Å². The van der Waals surface area contributed by atoms with Gasteiger partial charge >= 0.3 is 5.97 Å². The molecule has 29 heavy (non-hydrogen) atoms. The Morgan fingerprint density at radius 3 is 2.52 bits per heavy atom. The van der Waals surface area contributed by atoms with Gasteiger partial charge in [-0.05, 0) is 85.9 Å². The van der Waals surface area contributed by atoms with Gasteiger partial charge in [-0.15, -0.1) is 0 Å². The zero-order chi connectivity index (χ0) is 21.1. The summed E-state index contributed by atoms with van der Waals surface area (Å²) in [7, 11) is 0. The van der Waals surface area contributed by atoms with Gasteiger partial charge in [-0.1, -0.05) is 20.8 Å². The first-order valence-corrected chi connectivity index (χ1v) is 11.7. The average molecular weight is 407 g/mol. The number of aliphatic hydroxyl groups excluding tert-OH is 2. The molecule has 0 aromatic rings. The summed E-state index contributed by atoms with van der Waals surface area (Å²) in [5.74, 6) is 1.14. The SMILES string of the molecule is C[C@H](CCC(=O)O)[C@H]1CC[C@H]2[C@@H]3C[C@H](O)[C@@H]4C[C@H](O)CC[C@]4(C)[C@H]3CC(=O)[C@]12C. The molecule has 5 heteroatoms. The molecule has 0 aliphatic heterocycles. The van der Waals surface area contributed by atoms with Crippen LogP contribution in [-0.2, 0) is 9.59 Å². The molecule has 0 amide bonds. The molecule has 0 aromatic heterocycles. The summed E-state index contributed by atoms with van der Waals surface area (Å²) < 4.78 is 0. The predicted octanol–water partition coefficient (Wildman–Crippen LogP) is 3.66. The molecule has 4 aliphatic rings. The summed E-state index contributed by atoms with van der Waals surface area (Å²) in [4.78, 5) is 24.7. The Labute approximate surface area is 174 Å². The van der Waals surface area contributed by atoms with Crippen molar-refractivity contribution < 1.29 is 24.9 Å². The van der Waals surface area contributed by atoms with E-state index in [0.717, 1.165) is 32.1 Å². The van der Waals surface area contributed by atoms with Crippen LogP contribution in [0.25, 0.3) is 0 Å². The van der Waals surface area contributed by atoms with Crippen LogP contribution in [0.5, 0.6) is 0 Å². The second-order valence-electron chi connectivity index (χ2n) is 11.2. The van der Waals surface area contributed by atoms with Crippen LogP contribution in [0.15, 0.2) is 0 Å². The molecule has 164 valence electrons. The van der Waals surface area contributed by atoms with Gasteiger partial charge in [0, 0.05) is 18.3 Å². The Morgan fingerprint density at radius 2 is 1.83 bits per heavy atom. The van der Waals surface area contributed by atoms with Crippen molar-refractivity contribution >= 4 is 11.8 Å². The fourth-order valence-corrected chi connectivity index (χ4v) is 8.48. The van der Waals surface area contributed by atoms with Crippen molar-refractivity contribution in [1.29, 1.82) is 0 Å². The Balaban J connectivity index is 1.61. The van der Waals surface area contributed by atoms with Gasteiger partial charge in [0.25, 0.3) is 0 Å². The number of ketones is 1. The number of Topliss-reactive ketones (excluding diaryl/α,β-unsaturated/α-hetero) is 1. The molecule has 0 spiro atoms. The van der Waals surface area contributed by atoms with E-state index >= 15 is 0 Å². The van der Waals surface area contributed by atoms with Crippen molar-refractivity contribution in [2.45, 2.75) is 90.8 Å². The molecular formula is C24H38O5. The van der Waals surface area contributed by atoms with Gasteiger partial charge in [0.05, 0.1) is 12.2 Å². The lowest BCUT2D eigenvalue weighted by Gasteiger charge is -2.61. The van der Waals surface area contributed by atoms with E-state index < -0.39 is 12.1 Å². The lowest BCUT2D eigenvalue weighted by atomic mass is 9.43. The van der Waals surface area contributed by atoms with Crippen LogP contribution in [-0.4, -0.2) is 39.3 Å². The van der Waals surface area contributed by atoms with Crippen LogP contribution in [0.2, 0.25) is 0 Å². The maximum absolute atomic E-state index is 13.6. The summed E-state index contributed by atoms with van der Waals surface area (Å²) in [6.45, 7) is 6.54. The summed E-state index contributed by atoms with van der Waals surface area (Å²) in [6, 6.07) is 0. The third-order valence-corrected chi connectivity index (χ3v) is 10.1. The molecule has 3 N–H and O–H groups in total. The second kappa shape index (κ2) is 7.33. The first-order valence-electron chi connectivity index (χ1n) is 11.7. The van der Waals surface area contributed by atoms with E-state index in [0.29, 0.717) is 42.8 Å². The molecule has 0 bridgehead atoms. The van der Waals surface area contributed by atoms with E-state index in [9.17, 15) is 19.8 Å². The molecule has 4 rings (SSSR count). The third-order valence-electron chi connectivity index (χ3n) is 10.1. The standard InChI is InChI=1S/C24H38O5/c1-13(4-7-22(28)29)16-5-6-17-15-11-20(26)19-10-14(25)8-9-23(19,2)18(15)12-21(27)24(16,17)3/h13-20,25-26H,4-12H2,1-3H3,(H,28,29)/t13-,14-,15+,16-,17+,18+,19+,20+,23-,24-/m1/s1. The molecule has 0 radical (unpaired) electrons. The van der Waals surface area contributed by atoms with Crippen LogP contribution in [0.4, 0.5) is 0 Å². The smallest absolute Gasteiger partial charge is 0.303 e. The third kappa shape index (κ3) is 3.18. The second-order valence-corrected chi connectivity index (χ2v) is 11.2. The van der Waals surface area contributed by atoms with Crippen LogP contribution in [0.1, 0.15) is 78.6 Å². The van der Waals surface area contributed by atoms with Gasteiger partial charge < -0.3 is 15.3 Å². The van der Waals surface area contributed by atoms with Crippen LogP contribution in [0, 0.1) is 46.3 Å². The first kappa shape index (κ1) is 21.3. The summed E-state index contributed by atoms with van der Waals surface area (Å²) in [6.07, 6.45) is 5.76. The largest absolute Gasteiger partial charge is 0.481 e. The number of aliphatic hydroxyl groups is 2. The van der Waals surface area contributed by atoms with Crippen molar-refractivity contribution in [1.82, 2.24) is 0 Å². The Morgan fingerprint density at radius 1 is 1.10 bits per heavy atom. The Kier molecular flexibility index (Phi) is 5.39. The van der Waals surface area contributed by atoms with E-state index in [2.05, 4.69) is 20.8 Å². The highest BCUT2D eigenvalue weighted by Crippen LogP contribution is 2.67. The van der Waals surface area contributed by atoms with Gasteiger partial charge in [-0.3, -0.25) is 9.59 Å². The topological polar surface area (TPSA) is 94.8 Å². The minimum Gasteiger partial charge on any atom is -0.481 e. The normalized spacial score (nSPS) is 50.4. The van der Waals surface area contributed by atoms with Crippen molar-refractivity contribution in [3.8, 4) is 0 Å². The Bertz CT molecular complexity index is 676. The Hall–Kier alpha value is -0.940. The molecule has 0 heterocycles. The lowest BCUT2D eigenvalue weighted by Crippen LogP contribution is -2.60. The van der Waals surface area contributed by atoms with Crippen molar-refractivity contribution in [2.24, 2.45) is 46.3 Å². The van der Waals surface area contributed by atoms with Gasteiger partial charge in [0.2, 0.25) is 0 Å². The number of rotatable bonds is 4. The van der Waals surface area contributed by atoms with Gasteiger partial charge in [0.15, 0.2) is 0 Å². The number of fused-ring (bicyclic) bond motifs is 5. The van der Waals surface area contributed by atoms with Crippen molar-refractivity contribution in [2.75, 3.05) is 0 Å². The number of carboxylic acids is 1. The molecule has 0 aromatic carbocycles. The van der Waals surface area contributed by atoms with Crippen molar-refractivity contribution in [3.05, 3.63) is 0 Å². The van der Waals surface area contributed by atoms with Crippen LogP contribution >= 0.6 is 0 Å². The zero-order valence-electron chi connectivity index (χ0n) is 18.1. The monoisotopic (exact) mass is 406 g/mol. The molecule has 4 fully saturated rings. The highest BCUT2D eigenvalue weighted by Gasteiger charge is 2.65. The average Bonchev–Trinajstić information content (AvgIpc) is 3.02. The molecule has 4 saturated carbocycles. The van der Waals surface area contributed by atoms with Crippen molar-refractivity contribution in [3.63, 3.8) is 0 Å². The maximum atomic E-state index is 13.6. The maximum Gasteiger partial charge on any atom is 0.303 e. The van der Waals surface area contributed by atoms with Gasteiger partial charge in [-0.2, -0.15) is 0 Å². The molecule has 0 unspecified atom stereocenters. The van der Waals surface area contributed by atoms with Gasteiger partial charge in [0.1, 0.15) is 5.78 Å². The minimum absolute atomic E-state index is 0.0639. The van der Waals surface area contributed by atoms with E-state index in [-0.39, 0.29) is 41.1 Å². The molecule has 5 nitrogen and oxygen atoms in total. The van der Waals surface area contributed by atoms with E-state index in [4.69, 9.17) is 5.11 Å². The number of hydrogen-bond acceptors (Lipinski definition) is 4. The molecular weight excluding hydrogens is 368 g/mol. The number of aliphatic carboxylic acids is 1. The highest BCUT2D eigenvalue weighted by atomic mass is 16.4. The summed E-state index contributed by atoms with van der Waals surface area (Å²) in [5, 5.41) is 30.3. The fourth-order valence-electron chi connectivity index (χ4n) is 8.48. The summed E-state index contributed by atoms with van der Waals surface area (Å²) in [5.41, 5.74) is -0.443. The number of carboxylic acid groups (broad SMARTS) is 1. The highest BCUT2D eigenvalue weighted by molar-refractivity contribution is 5.87. The fraction of sp³-hybridized carbons (Fsp3) is 0.917. The molecule has 0 saturated heterocycles. The predicted molar refractivity (Wildman–Crippen MR) is 109 cm³/mol. The summed E-state index contributed by atoms with van der Waals surface area (Å²) >= 11 is 0. The van der Waals surface area contributed by atoms with E-state index in [1.165, 1.54) is 0 Å². The zero-order valence-corrected chi connectivity index (χ0v) is 18.1. The van der Waals surface area contributed by atoms with E-state index in [1.54, 1.807) is 0 Å². The molecule has 4 aliphatic carbocycles. The molecule has 10 atom stereocenters. The quantitative estimate of drug-likeness (QED) is 0.662. The van der Waals surface area contributed by atoms with E-state index in [1.807, 2.05) is 0 Å². The minimum atomic E-state index is -0.763. The lowest BCUT2D eigenvalue weighted by molar-refractivity contribution is -0.180. The van der Waals surface area contributed by atoms with Gasteiger partial charge in [-0.25, -0.2) is 0 Å². The number of carbonyl (C=O) groups is 2. The number of hydrogen-bond donors (Lipinski definition) is 3.